The zero-order valence-electron chi connectivity index (χ0n) is 14.2. The van der Waals surface area contributed by atoms with Gasteiger partial charge in [-0.05, 0) is 70.0 Å². The van der Waals surface area contributed by atoms with Crippen molar-refractivity contribution in [3.63, 3.8) is 0 Å². The van der Waals surface area contributed by atoms with Gasteiger partial charge in [0.25, 0.3) is 0 Å². The first-order valence-electron chi connectivity index (χ1n) is 9.32. The molecular weight excluding hydrogens is 260 g/mol. The standard InChI is InChI=1S/C18H36N2O/c1-3-11-19-18(15-21)10-5-8-17(18)9-13-20-12-6-7-16(4-2)14-20/h16-17,19,21H,3-15H2,1-2H3. The molecular formula is C18H36N2O. The van der Waals surface area contributed by atoms with Gasteiger partial charge >= 0.3 is 0 Å². The molecule has 1 saturated carbocycles. The van der Waals surface area contributed by atoms with Crippen LogP contribution in [-0.2, 0) is 0 Å². The predicted molar refractivity (Wildman–Crippen MR) is 89.5 cm³/mol. The summed E-state index contributed by atoms with van der Waals surface area (Å²) in [5.41, 5.74) is 0.0238. The number of piperidine rings is 1. The van der Waals surface area contributed by atoms with Crippen LogP contribution in [0.5, 0.6) is 0 Å². The molecule has 0 aromatic heterocycles. The molecule has 0 radical (unpaired) electrons. The normalized spacial score (nSPS) is 34.4. The predicted octanol–water partition coefficient (Wildman–Crippen LogP) is 3.03. The Morgan fingerprint density at radius 3 is 2.81 bits per heavy atom. The lowest BCUT2D eigenvalue weighted by molar-refractivity contribution is 0.102. The van der Waals surface area contributed by atoms with E-state index in [-0.39, 0.29) is 5.54 Å². The molecule has 2 N–H and O–H groups in total. The van der Waals surface area contributed by atoms with E-state index in [1.54, 1.807) is 0 Å². The van der Waals surface area contributed by atoms with Crippen LogP contribution in [0.3, 0.4) is 0 Å². The Labute approximate surface area is 131 Å². The summed E-state index contributed by atoms with van der Waals surface area (Å²) >= 11 is 0. The molecule has 1 heterocycles. The molecule has 3 nitrogen and oxygen atoms in total. The first-order valence-corrected chi connectivity index (χ1v) is 9.32. The highest BCUT2D eigenvalue weighted by Gasteiger charge is 2.41. The summed E-state index contributed by atoms with van der Waals surface area (Å²) < 4.78 is 0. The van der Waals surface area contributed by atoms with Gasteiger partial charge < -0.3 is 15.3 Å². The van der Waals surface area contributed by atoms with Crippen LogP contribution in [-0.4, -0.2) is 48.3 Å². The van der Waals surface area contributed by atoms with E-state index in [0.717, 1.165) is 25.3 Å². The zero-order valence-corrected chi connectivity index (χ0v) is 14.2. The highest BCUT2D eigenvalue weighted by atomic mass is 16.3. The Morgan fingerprint density at radius 1 is 1.24 bits per heavy atom. The Bertz CT molecular complexity index is 297. The van der Waals surface area contributed by atoms with Gasteiger partial charge in [-0.3, -0.25) is 0 Å². The summed E-state index contributed by atoms with van der Waals surface area (Å²) in [6, 6.07) is 0. The van der Waals surface area contributed by atoms with Crippen LogP contribution in [0, 0.1) is 11.8 Å². The van der Waals surface area contributed by atoms with Crippen molar-refractivity contribution in [2.75, 3.05) is 32.8 Å². The molecule has 21 heavy (non-hydrogen) atoms. The van der Waals surface area contributed by atoms with Crippen molar-refractivity contribution in [2.24, 2.45) is 11.8 Å². The van der Waals surface area contributed by atoms with E-state index < -0.39 is 0 Å². The largest absolute Gasteiger partial charge is 0.394 e. The van der Waals surface area contributed by atoms with E-state index in [1.807, 2.05) is 0 Å². The van der Waals surface area contributed by atoms with Crippen LogP contribution >= 0.6 is 0 Å². The molecule has 3 unspecified atom stereocenters. The third kappa shape index (κ3) is 4.43. The minimum Gasteiger partial charge on any atom is -0.394 e. The lowest BCUT2D eigenvalue weighted by Gasteiger charge is -2.38. The second-order valence-corrected chi connectivity index (χ2v) is 7.34. The summed E-state index contributed by atoms with van der Waals surface area (Å²) in [5, 5.41) is 13.6. The van der Waals surface area contributed by atoms with Gasteiger partial charge in [-0.15, -0.1) is 0 Å². The molecule has 1 aliphatic heterocycles. The maximum absolute atomic E-state index is 9.95. The number of hydrogen-bond acceptors (Lipinski definition) is 3. The van der Waals surface area contributed by atoms with E-state index in [0.29, 0.717) is 12.5 Å². The molecule has 0 aromatic carbocycles. The zero-order chi connectivity index (χ0) is 15.1. The van der Waals surface area contributed by atoms with Gasteiger partial charge in [0, 0.05) is 12.1 Å². The van der Waals surface area contributed by atoms with Crippen LogP contribution < -0.4 is 5.32 Å². The average Bonchev–Trinajstić information content (AvgIpc) is 2.94. The molecule has 2 fully saturated rings. The van der Waals surface area contributed by atoms with Crippen LogP contribution in [0.2, 0.25) is 0 Å². The van der Waals surface area contributed by atoms with Crippen molar-refractivity contribution in [2.45, 2.75) is 70.8 Å². The minimum absolute atomic E-state index is 0.0238. The van der Waals surface area contributed by atoms with Crippen molar-refractivity contribution < 1.29 is 5.11 Å². The van der Waals surface area contributed by atoms with Crippen molar-refractivity contribution in [1.82, 2.24) is 10.2 Å². The van der Waals surface area contributed by atoms with Crippen LogP contribution in [0.4, 0.5) is 0 Å². The maximum Gasteiger partial charge on any atom is 0.0616 e. The summed E-state index contributed by atoms with van der Waals surface area (Å²) in [6.07, 6.45) is 10.3. The second-order valence-electron chi connectivity index (χ2n) is 7.34. The van der Waals surface area contributed by atoms with Crippen molar-refractivity contribution in [3.05, 3.63) is 0 Å². The van der Waals surface area contributed by atoms with Gasteiger partial charge in [-0.2, -0.15) is 0 Å². The summed E-state index contributed by atoms with van der Waals surface area (Å²) in [6.45, 7) is 9.72. The number of hydrogen-bond donors (Lipinski definition) is 2. The van der Waals surface area contributed by atoms with Gasteiger partial charge in [0.15, 0.2) is 0 Å². The molecule has 2 aliphatic rings. The maximum atomic E-state index is 9.95. The van der Waals surface area contributed by atoms with Crippen LogP contribution in [0.1, 0.15) is 65.2 Å². The molecule has 3 atom stereocenters. The van der Waals surface area contributed by atoms with Crippen molar-refractivity contribution >= 4 is 0 Å². The van der Waals surface area contributed by atoms with Gasteiger partial charge in [0.05, 0.1) is 6.61 Å². The van der Waals surface area contributed by atoms with Crippen molar-refractivity contribution in [1.29, 1.82) is 0 Å². The molecule has 0 aromatic rings. The lowest BCUT2D eigenvalue weighted by atomic mass is 9.84. The number of aliphatic hydroxyl groups excluding tert-OH is 1. The fourth-order valence-corrected chi connectivity index (χ4v) is 4.46. The second kappa shape index (κ2) is 8.50. The quantitative estimate of drug-likeness (QED) is 0.723. The van der Waals surface area contributed by atoms with E-state index in [9.17, 15) is 5.11 Å². The summed E-state index contributed by atoms with van der Waals surface area (Å²) in [7, 11) is 0. The van der Waals surface area contributed by atoms with Crippen molar-refractivity contribution in [3.8, 4) is 0 Å². The Hall–Kier alpha value is -0.120. The molecule has 1 aliphatic carbocycles. The highest BCUT2D eigenvalue weighted by molar-refractivity contribution is 4.99. The fraction of sp³-hybridized carbons (Fsp3) is 1.00. The molecule has 0 spiro atoms. The number of aliphatic hydroxyl groups is 1. The van der Waals surface area contributed by atoms with E-state index in [2.05, 4.69) is 24.1 Å². The first kappa shape index (κ1) is 17.2. The van der Waals surface area contributed by atoms with Gasteiger partial charge in [0.1, 0.15) is 0 Å². The Morgan fingerprint density at radius 2 is 2.10 bits per heavy atom. The van der Waals surface area contributed by atoms with E-state index in [4.69, 9.17) is 0 Å². The SMILES string of the molecule is CCCNC1(CO)CCCC1CCN1CCCC(CC)C1. The lowest BCUT2D eigenvalue weighted by Crippen LogP contribution is -2.52. The smallest absolute Gasteiger partial charge is 0.0616 e. The third-order valence-corrected chi connectivity index (χ3v) is 5.94. The first-order chi connectivity index (χ1) is 10.2. The Balaban J connectivity index is 1.83. The Kier molecular flexibility index (Phi) is 6.97. The molecule has 0 amide bonds. The van der Waals surface area contributed by atoms with E-state index >= 15 is 0 Å². The van der Waals surface area contributed by atoms with Crippen LogP contribution in [0.25, 0.3) is 0 Å². The number of nitrogens with zero attached hydrogens (tertiary/aromatic N) is 1. The highest BCUT2D eigenvalue weighted by Crippen LogP contribution is 2.38. The molecule has 124 valence electrons. The number of nitrogens with one attached hydrogen (secondary N) is 1. The average molecular weight is 296 g/mol. The molecule has 2 rings (SSSR count). The summed E-state index contributed by atoms with van der Waals surface area (Å²) in [4.78, 5) is 2.68. The van der Waals surface area contributed by atoms with Gasteiger partial charge in [-0.1, -0.05) is 26.7 Å². The van der Waals surface area contributed by atoms with Gasteiger partial charge in [-0.25, -0.2) is 0 Å². The summed E-state index contributed by atoms with van der Waals surface area (Å²) in [5.74, 6) is 1.58. The monoisotopic (exact) mass is 296 g/mol. The van der Waals surface area contributed by atoms with Gasteiger partial charge in [0.2, 0.25) is 0 Å². The molecule has 0 bridgehead atoms. The number of likely N-dealkylation sites (tertiary alicyclic amines) is 1. The third-order valence-electron chi connectivity index (χ3n) is 5.94. The number of rotatable bonds is 8. The molecule has 3 heteroatoms. The molecule has 1 saturated heterocycles. The minimum atomic E-state index is 0.0238. The fourth-order valence-electron chi connectivity index (χ4n) is 4.46. The topological polar surface area (TPSA) is 35.5 Å². The van der Waals surface area contributed by atoms with Crippen LogP contribution in [0.15, 0.2) is 0 Å². The van der Waals surface area contributed by atoms with E-state index in [1.165, 1.54) is 58.2 Å².